The molecule has 2 rings (SSSR count). The van der Waals surface area contributed by atoms with Crippen molar-refractivity contribution in [2.75, 3.05) is 7.05 Å². The second kappa shape index (κ2) is 5.98. The summed E-state index contributed by atoms with van der Waals surface area (Å²) in [6.07, 6.45) is 8.07. The van der Waals surface area contributed by atoms with Crippen molar-refractivity contribution in [3.05, 3.63) is 47.3 Å². The Bertz CT molecular complexity index is 509. The summed E-state index contributed by atoms with van der Waals surface area (Å²) in [4.78, 5) is 8.41. The molecule has 96 valence electrons. The lowest BCUT2D eigenvalue weighted by Gasteiger charge is -2.17. The second-order valence-corrected chi connectivity index (χ2v) is 4.48. The van der Waals surface area contributed by atoms with Gasteiger partial charge in [-0.2, -0.15) is 0 Å². The molecule has 0 bridgehead atoms. The van der Waals surface area contributed by atoms with E-state index in [1.807, 2.05) is 25.5 Å². The molecule has 1 unspecified atom stereocenters. The van der Waals surface area contributed by atoms with Crippen LogP contribution in [0.3, 0.4) is 0 Å². The Kier molecular flexibility index (Phi) is 4.33. The number of nitrogens with zero attached hydrogens (tertiary/aromatic N) is 3. The summed E-state index contributed by atoms with van der Waals surface area (Å²) in [7, 11) is 1.93. The van der Waals surface area contributed by atoms with Crippen molar-refractivity contribution in [2.45, 2.75) is 25.9 Å². The molecule has 0 amide bonds. The second-order valence-electron chi connectivity index (χ2n) is 4.07. The average molecular weight is 265 g/mol. The third-order valence-electron chi connectivity index (χ3n) is 3.06. The Hall–Kier alpha value is -1.39. The number of aryl methyl sites for hydroxylation is 1. The van der Waals surface area contributed by atoms with Crippen LogP contribution in [0.5, 0.6) is 0 Å². The summed E-state index contributed by atoms with van der Waals surface area (Å²) in [5.41, 5.74) is 1.06. The fourth-order valence-corrected chi connectivity index (χ4v) is 2.29. The fourth-order valence-electron chi connectivity index (χ4n) is 2.04. The van der Waals surface area contributed by atoms with E-state index in [-0.39, 0.29) is 6.04 Å². The smallest absolute Gasteiger partial charge is 0.110 e. The van der Waals surface area contributed by atoms with Gasteiger partial charge in [-0.25, -0.2) is 4.98 Å². The maximum atomic E-state index is 6.18. The van der Waals surface area contributed by atoms with Crippen molar-refractivity contribution in [3.8, 4) is 0 Å². The van der Waals surface area contributed by atoms with Gasteiger partial charge in [0.1, 0.15) is 5.82 Å². The SMILES string of the molecule is CCn1ccnc1CC(NC)c1ccncc1Cl. The van der Waals surface area contributed by atoms with Gasteiger partial charge < -0.3 is 9.88 Å². The third kappa shape index (κ3) is 2.71. The molecular weight excluding hydrogens is 248 g/mol. The van der Waals surface area contributed by atoms with Crippen LogP contribution in [-0.4, -0.2) is 21.6 Å². The third-order valence-corrected chi connectivity index (χ3v) is 3.37. The van der Waals surface area contributed by atoms with Gasteiger partial charge in [0.2, 0.25) is 0 Å². The molecule has 0 aliphatic carbocycles. The van der Waals surface area contributed by atoms with Crippen molar-refractivity contribution < 1.29 is 0 Å². The number of hydrogen-bond acceptors (Lipinski definition) is 3. The highest BCUT2D eigenvalue weighted by molar-refractivity contribution is 6.31. The minimum atomic E-state index is 0.146. The van der Waals surface area contributed by atoms with Crippen LogP contribution < -0.4 is 5.32 Å². The Morgan fingerprint density at radius 2 is 2.28 bits per heavy atom. The van der Waals surface area contributed by atoms with Crippen LogP contribution in [0.15, 0.2) is 30.9 Å². The fraction of sp³-hybridized carbons (Fsp3) is 0.385. The van der Waals surface area contributed by atoms with E-state index in [9.17, 15) is 0 Å². The van der Waals surface area contributed by atoms with Crippen LogP contribution in [0.25, 0.3) is 0 Å². The highest BCUT2D eigenvalue weighted by atomic mass is 35.5. The predicted octanol–water partition coefficient (Wildman–Crippen LogP) is 2.45. The molecular formula is C13H17ClN4. The van der Waals surface area contributed by atoms with Crippen LogP contribution in [-0.2, 0) is 13.0 Å². The first kappa shape index (κ1) is 13.1. The lowest BCUT2D eigenvalue weighted by molar-refractivity contribution is 0.552. The maximum Gasteiger partial charge on any atom is 0.110 e. The normalized spacial score (nSPS) is 12.6. The highest BCUT2D eigenvalue weighted by Gasteiger charge is 2.15. The molecule has 2 aromatic heterocycles. The molecule has 0 aromatic carbocycles. The first-order valence-electron chi connectivity index (χ1n) is 6.03. The van der Waals surface area contributed by atoms with Crippen LogP contribution in [0, 0.1) is 0 Å². The minimum absolute atomic E-state index is 0.146. The Morgan fingerprint density at radius 1 is 1.44 bits per heavy atom. The first-order chi connectivity index (χ1) is 8.76. The van der Waals surface area contributed by atoms with Crippen molar-refractivity contribution >= 4 is 11.6 Å². The number of halogens is 1. The average Bonchev–Trinajstić information content (AvgIpc) is 2.84. The molecule has 0 saturated carbocycles. The molecule has 0 spiro atoms. The summed E-state index contributed by atoms with van der Waals surface area (Å²) in [6, 6.07) is 2.09. The number of nitrogens with one attached hydrogen (secondary N) is 1. The van der Waals surface area contributed by atoms with E-state index < -0.39 is 0 Å². The number of aromatic nitrogens is 3. The van der Waals surface area contributed by atoms with E-state index in [4.69, 9.17) is 11.6 Å². The lowest BCUT2D eigenvalue weighted by atomic mass is 10.1. The van der Waals surface area contributed by atoms with Crippen LogP contribution >= 0.6 is 11.6 Å². The zero-order chi connectivity index (χ0) is 13.0. The molecule has 1 atom stereocenters. The molecule has 5 heteroatoms. The lowest BCUT2D eigenvalue weighted by Crippen LogP contribution is -2.21. The summed E-state index contributed by atoms with van der Waals surface area (Å²) in [6.45, 7) is 3.04. The molecule has 4 nitrogen and oxygen atoms in total. The van der Waals surface area contributed by atoms with E-state index >= 15 is 0 Å². The largest absolute Gasteiger partial charge is 0.335 e. The highest BCUT2D eigenvalue weighted by Crippen LogP contribution is 2.24. The molecule has 1 N–H and O–H groups in total. The first-order valence-corrected chi connectivity index (χ1v) is 6.40. The van der Waals surface area contributed by atoms with Gasteiger partial charge >= 0.3 is 0 Å². The topological polar surface area (TPSA) is 42.7 Å². The van der Waals surface area contributed by atoms with Gasteiger partial charge in [-0.15, -0.1) is 0 Å². The van der Waals surface area contributed by atoms with Crippen molar-refractivity contribution in [1.29, 1.82) is 0 Å². The molecule has 0 saturated heterocycles. The number of imidazole rings is 1. The standard InChI is InChI=1S/C13H17ClN4/c1-3-18-7-6-17-13(18)8-12(15-2)10-4-5-16-9-11(10)14/h4-7,9,12,15H,3,8H2,1-2H3. The van der Waals surface area contributed by atoms with Crippen molar-refractivity contribution in [1.82, 2.24) is 19.9 Å². The van der Waals surface area contributed by atoms with Gasteiger partial charge in [-0.3, -0.25) is 4.98 Å². The Morgan fingerprint density at radius 3 is 2.94 bits per heavy atom. The maximum absolute atomic E-state index is 6.18. The molecule has 0 aliphatic heterocycles. The Labute approximate surface area is 112 Å². The zero-order valence-electron chi connectivity index (χ0n) is 10.6. The molecule has 0 radical (unpaired) electrons. The van der Waals surface area contributed by atoms with Gasteiger partial charge in [-0.05, 0) is 25.6 Å². The minimum Gasteiger partial charge on any atom is -0.335 e. The number of likely N-dealkylation sites (N-methyl/N-ethyl adjacent to an activating group) is 1. The van der Waals surface area contributed by atoms with E-state index in [2.05, 4.69) is 26.8 Å². The van der Waals surface area contributed by atoms with Crippen LogP contribution in [0.1, 0.15) is 24.4 Å². The van der Waals surface area contributed by atoms with Crippen molar-refractivity contribution in [3.63, 3.8) is 0 Å². The monoisotopic (exact) mass is 264 g/mol. The number of rotatable bonds is 5. The molecule has 2 heterocycles. The zero-order valence-corrected chi connectivity index (χ0v) is 11.4. The summed E-state index contributed by atoms with van der Waals surface area (Å²) >= 11 is 6.18. The van der Waals surface area contributed by atoms with Crippen LogP contribution in [0.2, 0.25) is 5.02 Å². The number of hydrogen-bond donors (Lipinski definition) is 1. The molecule has 2 aromatic rings. The van der Waals surface area contributed by atoms with Gasteiger partial charge in [-0.1, -0.05) is 11.6 Å². The Balaban J connectivity index is 2.23. The van der Waals surface area contributed by atoms with E-state index in [1.165, 1.54) is 0 Å². The van der Waals surface area contributed by atoms with Gasteiger partial charge in [0.15, 0.2) is 0 Å². The van der Waals surface area contributed by atoms with Crippen molar-refractivity contribution in [2.24, 2.45) is 0 Å². The summed E-state index contributed by atoms with van der Waals surface area (Å²) in [5.74, 6) is 1.06. The van der Waals surface area contributed by atoms with E-state index in [0.717, 1.165) is 24.4 Å². The van der Waals surface area contributed by atoms with Crippen LogP contribution in [0.4, 0.5) is 0 Å². The van der Waals surface area contributed by atoms with E-state index in [0.29, 0.717) is 5.02 Å². The molecule has 0 fully saturated rings. The number of pyridine rings is 1. The summed E-state index contributed by atoms with van der Waals surface area (Å²) in [5, 5.41) is 3.97. The predicted molar refractivity (Wildman–Crippen MR) is 72.7 cm³/mol. The van der Waals surface area contributed by atoms with E-state index in [1.54, 1.807) is 12.4 Å². The molecule has 18 heavy (non-hydrogen) atoms. The molecule has 0 aliphatic rings. The van der Waals surface area contributed by atoms with Gasteiger partial charge in [0.05, 0.1) is 5.02 Å². The van der Waals surface area contributed by atoms with Gasteiger partial charge in [0.25, 0.3) is 0 Å². The quantitative estimate of drug-likeness (QED) is 0.902. The summed E-state index contributed by atoms with van der Waals surface area (Å²) < 4.78 is 2.14. The van der Waals surface area contributed by atoms with Gasteiger partial charge in [0, 0.05) is 43.8 Å².